The maximum absolute atomic E-state index is 12.3. The summed E-state index contributed by atoms with van der Waals surface area (Å²) in [5, 5.41) is 13.8. The van der Waals surface area contributed by atoms with Crippen molar-refractivity contribution in [3.63, 3.8) is 0 Å². The molecule has 0 radical (unpaired) electrons. The molecule has 1 N–H and O–H groups in total. The first-order valence-electron chi connectivity index (χ1n) is 7.67. The Kier molecular flexibility index (Phi) is 4.65. The monoisotopic (exact) mass is 340 g/mol. The van der Waals surface area contributed by atoms with Crippen LogP contribution in [0.25, 0.3) is 6.08 Å². The van der Waals surface area contributed by atoms with Gasteiger partial charge in [-0.25, -0.2) is 0 Å². The Bertz CT molecular complexity index is 861. The van der Waals surface area contributed by atoms with E-state index in [2.05, 4.69) is 5.32 Å². The van der Waals surface area contributed by atoms with Crippen LogP contribution in [0.4, 0.5) is 11.4 Å². The molecule has 1 aliphatic heterocycles. The van der Waals surface area contributed by atoms with Crippen molar-refractivity contribution in [2.75, 3.05) is 25.6 Å². The predicted octanol–water partition coefficient (Wildman–Crippen LogP) is 3.30. The predicted molar refractivity (Wildman–Crippen MR) is 93.4 cm³/mol. The topological polar surface area (TPSA) is 90.7 Å². The average Bonchev–Trinajstić information content (AvgIpc) is 2.65. The number of allylic oxidation sites excluding steroid dienone is 1. The number of anilines is 1. The number of hydrogen-bond donors (Lipinski definition) is 1. The third kappa shape index (κ3) is 3.60. The van der Waals surface area contributed by atoms with E-state index < -0.39 is 4.92 Å². The quantitative estimate of drug-likeness (QED) is 0.389. The molecule has 2 aromatic carbocycles. The van der Waals surface area contributed by atoms with Crippen molar-refractivity contribution in [3.8, 4) is 11.5 Å². The fourth-order valence-electron chi connectivity index (χ4n) is 2.48. The van der Waals surface area contributed by atoms with E-state index in [1.54, 1.807) is 43.5 Å². The van der Waals surface area contributed by atoms with Crippen molar-refractivity contribution in [1.82, 2.24) is 0 Å². The van der Waals surface area contributed by atoms with Crippen molar-refractivity contribution in [2.45, 2.75) is 0 Å². The molecule has 0 atom stereocenters. The highest BCUT2D eigenvalue weighted by atomic mass is 16.6. The fourth-order valence-corrected chi connectivity index (χ4v) is 2.48. The molecule has 7 nitrogen and oxygen atoms in total. The average molecular weight is 340 g/mol. The number of carbonyl (C=O) groups excluding carboxylic acids is 1. The van der Waals surface area contributed by atoms with E-state index in [9.17, 15) is 14.9 Å². The lowest BCUT2D eigenvalue weighted by atomic mass is 10.1. The lowest BCUT2D eigenvalue weighted by Crippen LogP contribution is -2.15. The van der Waals surface area contributed by atoms with Crippen LogP contribution in [0.1, 0.15) is 15.9 Å². The third-order valence-electron chi connectivity index (χ3n) is 3.74. The smallest absolute Gasteiger partial charge is 0.292 e. The van der Waals surface area contributed by atoms with Crippen LogP contribution in [0.5, 0.6) is 11.5 Å². The molecule has 1 aliphatic rings. The first-order chi connectivity index (χ1) is 12.1. The van der Waals surface area contributed by atoms with E-state index in [-0.39, 0.29) is 11.5 Å². The van der Waals surface area contributed by atoms with Crippen molar-refractivity contribution in [3.05, 3.63) is 63.7 Å². The molecule has 0 fully saturated rings. The minimum absolute atomic E-state index is 0.0450. The van der Waals surface area contributed by atoms with Crippen molar-refractivity contribution in [2.24, 2.45) is 0 Å². The van der Waals surface area contributed by atoms with Crippen LogP contribution in [-0.4, -0.2) is 31.0 Å². The molecule has 0 bridgehead atoms. The molecule has 128 valence electrons. The van der Waals surface area contributed by atoms with Gasteiger partial charge in [-0.3, -0.25) is 14.9 Å². The van der Waals surface area contributed by atoms with Crippen LogP contribution >= 0.6 is 0 Å². The first-order valence-corrected chi connectivity index (χ1v) is 7.67. The van der Waals surface area contributed by atoms with Gasteiger partial charge in [0.1, 0.15) is 18.9 Å². The van der Waals surface area contributed by atoms with Gasteiger partial charge in [0, 0.05) is 18.7 Å². The summed E-state index contributed by atoms with van der Waals surface area (Å²) in [5.41, 5.74) is 1.40. The Morgan fingerprint density at radius 1 is 1.16 bits per heavy atom. The minimum atomic E-state index is -0.466. The van der Waals surface area contributed by atoms with E-state index in [0.29, 0.717) is 41.5 Å². The number of nitro groups is 1. The molecule has 7 heteroatoms. The van der Waals surface area contributed by atoms with E-state index >= 15 is 0 Å². The zero-order valence-corrected chi connectivity index (χ0v) is 13.5. The van der Waals surface area contributed by atoms with E-state index in [1.165, 1.54) is 12.1 Å². The summed E-state index contributed by atoms with van der Waals surface area (Å²) in [5.74, 6) is 0.932. The zero-order chi connectivity index (χ0) is 17.8. The largest absolute Gasteiger partial charge is 0.486 e. The Morgan fingerprint density at radius 2 is 1.92 bits per heavy atom. The normalized spacial score (nSPS) is 12.8. The molecule has 0 aliphatic carbocycles. The molecular formula is C18H16N2O5. The summed E-state index contributed by atoms with van der Waals surface area (Å²) in [6, 6.07) is 9.71. The molecule has 3 rings (SSSR count). The third-order valence-corrected chi connectivity index (χ3v) is 3.74. The number of rotatable bonds is 5. The molecule has 0 aromatic heterocycles. The van der Waals surface area contributed by atoms with Gasteiger partial charge in [-0.15, -0.1) is 0 Å². The molecule has 0 amide bonds. The highest BCUT2D eigenvalue weighted by molar-refractivity contribution is 6.07. The van der Waals surface area contributed by atoms with Gasteiger partial charge in [0.2, 0.25) is 0 Å². The van der Waals surface area contributed by atoms with Gasteiger partial charge in [-0.2, -0.15) is 0 Å². The molecule has 1 heterocycles. The van der Waals surface area contributed by atoms with Gasteiger partial charge in [0.15, 0.2) is 17.3 Å². The SMILES string of the molecule is CNc1ccc(/C=C/C(=O)c2ccc3c(c2)OCCO3)cc1[N+](=O)[O-]. The van der Waals surface area contributed by atoms with Crippen LogP contribution in [-0.2, 0) is 0 Å². The number of carbonyl (C=O) groups is 1. The van der Waals surface area contributed by atoms with E-state index in [0.717, 1.165) is 0 Å². The van der Waals surface area contributed by atoms with Gasteiger partial charge in [-0.1, -0.05) is 12.1 Å². The highest BCUT2D eigenvalue weighted by Crippen LogP contribution is 2.31. The molecule has 25 heavy (non-hydrogen) atoms. The summed E-state index contributed by atoms with van der Waals surface area (Å²) in [7, 11) is 1.61. The van der Waals surface area contributed by atoms with Gasteiger partial charge >= 0.3 is 0 Å². The number of hydrogen-bond acceptors (Lipinski definition) is 6. The second-order valence-corrected chi connectivity index (χ2v) is 5.34. The molecule has 0 unspecified atom stereocenters. The second-order valence-electron chi connectivity index (χ2n) is 5.34. The molecule has 0 saturated heterocycles. The zero-order valence-electron chi connectivity index (χ0n) is 13.5. The summed E-state index contributed by atoms with van der Waals surface area (Å²) in [4.78, 5) is 22.9. The van der Waals surface area contributed by atoms with Crippen molar-refractivity contribution >= 4 is 23.2 Å². The highest BCUT2D eigenvalue weighted by Gasteiger charge is 2.15. The lowest BCUT2D eigenvalue weighted by molar-refractivity contribution is -0.383. The number of ketones is 1. The summed E-state index contributed by atoms with van der Waals surface area (Å²) in [6.07, 6.45) is 2.93. The second kappa shape index (κ2) is 7.04. The fraction of sp³-hybridized carbons (Fsp3) is 0.167. The number of nitrogens with one attached hydrogen (secondary N) is 1. The summed E-state index contributed by atoms with van der Waals surface area (Å²) < 4.78 is 10.9. The maximum Gasteiger partial charge on any atom is 0.292 e. The number of nitrogens with zero attached hydrogens (tertiary/aromatic N) is 1. The lowest BCUT2D eigenvalue weighted by Gasteiger charge is -2.18. The van der Waals surface area contributed by atoms with Crippen molar-refractivity contribution < 1.29 is 19.2 Å². The maximum atomic E-state index is 12.3. The molecular weight excluding hydrogens is 324 g/mol. The summed E-state index contributed by atoms with van der Waals surface area (Å²) in [6.45, 7) is 0.934. The number of ether oxygens (including phenoxy) is 2. The summed E-state index contributed by atoms with van der Waals surface area (Å²) >= 11 is 0. The molecule has 0 spiro atoms. The Balaban J connectivity index is 1.81. The minimum Gasteiger partial charge on any atom is -0.486 e. The van der Waals surface area contributed by atoms with Crippen molar-refractivity contribution in [1.29, 1.82) is 0 Å². The first kappa shape index (κ1) is 16.5. The van der Waals surface area contributed by atoms with Crippen LogP contribution in [0.2, 0.25) is 0 Å². The number of nitro benzene ring substituents is 1. The van der Waals surface area contributed by atoms with Gasteiger partial charge in [0.05, 0.1) is 4.92 Å². The Morgan fingerprint density at radius 3 is 2.64 bits per heavy atom. The van der Waals surface area contributed by atoms with Gasteiger partial charge < -0.3 is 14.8 Å². The molecule has 2 aromatic rings. The van der Waals surface area contributed by atoms with Crippen LogP contribution < -0.4 is 14.8 Å². The Labute approximate surface area is 144 Å². The van der Waals surface area contributed by atoms with E-state index in [4.69, 9.17) is 9.47 Å². The van der Waals surface area contributed by atoms with Crippen LogP contribution in [0, 0.1) is 10.1 Å². The number of benzene rings is 2. The Hall–Kier alpha value is -3.35. The van der Waals surface area contributed by atoms with Gasteiger partial charge in [0.25, 0.3) is 5.69 Å². The molecule has 0 saturated carbocycles. The number of fused-ring (bicyclic) bond motifs is 1. The van der Waals surface area contributed by atoms with E-state index in [1.807, 2.05) is 0 Å². The van der Waals surface area contributed by atoms with Crippen LogP contribution in [0.15, 0.2) is 42.5 Å². The van der Waals surface area contributed by atoms with Gasteiger partial charge in [-0.05, 0) is 35.9 Å². The standard InChI is InChI=1S/C18H16N2O5/c1-19-14-5-2-12(10-15(14)20(22)23)3-6-16(21)13-4-7-17-18(11-13)25-9-8-24-17/h2-7,10-11,19H,8-9H2,1H3/b6-3+. The van der Waals surface area contributed by atoms with Crippen LogP contribution in [0.3, 0.4) is 0 Å².